The highest BCUT2D eigenvalue weighted by atomic mass is 32.2. The Hall–Kier alpha value is -3.69. The number of aliphatic imine (C=N–C) groups is 1. The van der Waals surface area contributed by atoms with Crippen LogP contribution >= 0.6 is 23.1 Å². The number of ether oxygens (including phenoxy) is 1. The SMILES string of the molecule is COc1ccc(-c2nn(-c3ccccc3)cc2/C=C2\S/C(=N/c3nc(C)cs3)N(C)C2=O)cc1. The van der Waals surface area contributed by atoms with Gasteiger partial charge in [0.1, 0.15) is 5.75 Å². The summed E-state index contributed by atoms with van der Waals surface area (Å²) in [6, 6.07) is 17.6. The van der Waals surface area contributed by atoms with Gasteiger partial charge in [0, 0.05) is 29.8 Å². The highest BCUT2D eigenvalue weighted by molar-refractivity contribution is 8.18. The molecule has 0 saturated carbocycles. The number of amidine groups is 1. The molecule has 0 radical (unpaired) electrons. The van der Waals surface area contributed by atoms with E-state index in [1.165, 1.54) is 23.1 Å². The van der Waals surface area contributed by atoms with Gasteiger partial charge in [0.25, 0.3) is 5.91 Å². The predicted octanol–water partition coefficient (Wildman–Crippen LogP) is 5.55. The molecule has 4 aromatic rings. The lowest BCUT2D eigenvalue weighted by atomic mass is 10.1. The zero-order chi connectivity index (χ0) is 23.7. The molecule has 7 nitrogen and oxygen atoms in total. The summed E-state index contributed by atoms with van der Waals surface area (Å²) in [6.07, 6.45) is 3.82. The molecular weight excluding hydrogens is 466 g/mol. The minimum atomic E-state index is -0.106. The second-order valence-electron chi connectivity index (χ2n) is 7.58. The molecule has 1 amide bonds. The van der Waals surface area contributed by atoms with Crippen LogP contribution in [-0.2, 0) is 4.79 Å². The lowest BCUT2D eigenvalue weighted by Gasteiger charge is -2.05. The summed E-state index contributed by atoms with van der Waals surface area (Å²) >= 11 is 2.79. The van der Waals surface area contributed by atoms with Gasteiger partial charge in [0.05, 0.1) is 29.1 Å². The first-order valence-corrected chi connectivity index (χ1v) is 12.2. The molecule has 0 atom stereocenters. The summed E-state index contributed by atoms with van der Waals surface area (Å²) in [7, 11) is 3.37. The molecule has 0 bridgehead atoms. The number of nitrogens with zero attached hydrogens (tertiary/aromatic N) is 5. The Morgan fingerprint density at radius 2 is 1.85 bits per heavy atom. The Morgan fingerprint density at radius 1 is 1.09 bits per heavy atom. The Kier molecular flexibility index (Phi) is 6.04. The van der Waals surface area contributed by atoms with Gasteiger partial charge in [-0.2, -0.15) is 10.1 Å². The molecule has 2 aromatic carbocycles. The number of benzene rings is 2. The number of rotatable bonds is 5. The molecule has 9 heteroatoms. The highest BCUT2D eigenvalue weighted by Gasteiger charge is 2.31. The van der Waals surface area contributed by atoms with E-state index < -0.39 is 0 Å². The molecule has 2 aromatic heterocycles. The molecule has 0 spiro atoms. The van der Waals surface area contributed by atoms with Crippen molar-refractivity contribution in [1.82, 2.24) is 19.7 Å². The zero-order valence-corrected chi connectivity index (χ0v) is 20.4. The van der Waals surface area contributed by atoms with Gasteiger partial charge in [-0.1, -0.05) is 18.2 Å². The van der Waals surface area contributed by atoms with E-state index in [9.17, 15) is 4.79 Å². The van der Waals surface area contributed by atoms with Gasteiger partial charge >= 0.3 is 0 Å². The van der Waals surface area contributed by atoms with Crippen LogP contribution in [-0.4, -0.2) is 44.9 Å². The lowest BCUT2D eigenvalue weighted by molar-refractivity contribution is -0.121. The van der Waals surface area contributed by atoms with Crippen molar-refractivity contribution in [1.29, 1.82) is 0 Å². The highest BCUT2D eigenvalue weighted by Crippen LogP contribution is 2.36. The van der Waals surface area contributed by atoms with Crippen molar-refractivity contribution in [3.63, 3.8) is 0 Å². The van der Waals surface area contributed by atoms with Crippen molar-refractivity contribution in [2.24, 2.45) is 4.99 Å². The van der Waals surface area contributed by atoms with E-state index >= 15 is 0 Å². The maximum atomic E-state index is 13.0. The fourth-order valence-corrected chi connectivity index (χ4v) is 5.13. The number of aromatic nitrogens is 3. The monoisotopic (exact) mass is 487 g/mol. The van der Waals surface area contributed by atoms with Crippen LogP contribution < -0.4 is 4.74 Å². The number of thioether (sulfide) groups is 1. The van der Waals surface area contributed by atoms with Gasteiger partial charge in [-0.3, -0.25) is 9.69 Å². The van der Waals surface area contributed by atoms with Gasteiger partial charge < -0.3 is 4.74 Å². The van der Waals surface area contributed by atoms with Crippen LogP contribution in [0.2, 0.25) is 0 Å². The Bertz CT molecular complexity index is 1400. The van der Waals surface area contributed by atoms with Crippen LogP contribution in [0.15, 0.2) is 76.1 Å². The Balaban J connectivity index is 1.56. The fourth-order valence-electron chi connectivity index (χ4n) is 3.45. The van der Waals surface area contributed by atoms with E-state index in [1.807, 2.05) is 83.9 Å². The normalized spacial score (nSPS) is 16.1. The fraction of sp³-hybridized carbons (Fsp3) is 0.120. The number of carbonyl (C=O) groups is 1. The molecule has 1 fully saturated rings. The first kappa shape index (κ1) is 22.1. The summed E-state index contributed by atoms with van der Waals surface area (Å²) in [5.41, 5.74) is 4.39. The molecule has 170 valence electrons. The van der Waals surface area contributed by atoms with Gasteiger partial charge in [0.15, 0.2) is 5.17 Å². The van der Waals surface area contributed by atoms with Crippen LogP contribution in [0, 0.1) is 6.92 Å². The molecule has 1 aliphatic heterocycles. The van der Waals surface area contributed by atoms with Crippen molar-refractivity contribution in [3.05, 3.63) is 82.3 Å². The summed E-state index contributed by atoms with van der Waals surface area (Å²) < 4.78 is 7.12. The average molecular weight is 488 g/mol. The van der Waals surface area contributed by atoms with Crippen LogP contribution in [0.3, 0.4) is 0 Å². The number of carbonyl (C=O) groups excluding carboxylic acids is 1. The number of methoxy groups -OCH3 is 1. The van der Waals surface area contributed by atoms with E-state index in [0.29, 0.717) is 15.2 Å². The van der Waals surface area contributed by atoms with Crippen molar-refractivity contribution in [2.75, 3.05) is 14.2 Å². The molecule has 3 heterocycles. The number of likely N-dealkylation sites (N-methyl/N-ethyl adjacent to an activating group) is 1. The smallest absolute Gasteiger partial charge is 0.266 e. The van der Waals surface area contributed by atoms with E-state index in [2.05, 4.69) is 9.98 Å². The second-order valence-corrected chi connectivity index (χ2v) is 9.43. The standard InChI is InChI=1S/C25H21N5O2S2/c1-16-15-33-24(26-16)27-25-29(2)23(31)21(34-25)13-18-14-30(19-7-5-4-6-8-19)28-22(18)17-9-11-20(32-3)12-10-17/h4-15H,1-3H3/b21-13-,27-25+. The van der Waals surface area contributed by atoms with E-state index in [-0.39, 0.29) is 5.91 Å². The second kappa shape index (κ2) is 9.28. The number of thiazole rings is 1. The van der Waals surface area contributed by atoms with Crippen molar-refractivity contribution < 1.29 is 9.53 Å². The molecule has 34 heavy (non-hydrogen) atoms. The minimum absolute atomic E-state index is 0.106. The molecular formula is C25H21N5O2S2. The molecule has 1 saturated heterocycles. The molecule has 5 rings (SSSR count). The number of aryl methyl sites for hydroxylation is 1. The van der Waals surface area contributed by atoms with Crippen molar-refractivity contribution in [2.45, 2.75) is 6.92 Å². The number of hydrogen-bond acceptors (Lipinski definition) is 7. The molecule has 1 aliphatic rings. The van der Waals surface area contributed by atoms with Crippen LogP contribution in [0.5, 0.6) is 5.75 Å². The predicted molar refractivity (Wildman–Crippen MR) is 138 cm³/mol. The van der Waals surface area contributed by atoms with Gasteiger partial charge in [-0.15, -0.1) is 11.3 Å². The van der Waals surface area contributed by atoms with E-state index in [4.69, 9.17) is 9.84 Å². The summed E-state index contributed by atoms with van der Waals surface area (Å²) in [5.74, 6) is 0.665. The third kappa shape index (κ3) is 4.40. The first-order valence-electron chi connectivity index (χ1n) is 10.5. The van der Waals surface area contributed by atoms with Crippen LogP contribution in [0.1, 0.15) is 11.3 Å². The minimum Gasteiger partial charge on any atom is -0.497 e. The Labute approximate surface area is 205 Å². The summed E-state index contributed by atoms with van der Waals surface area (Å²) in [5, 5.41) is 8.02. The molecule has 0 unspecified atom stereocenters. The summed E-state index contributed by atoms with van der Waals surface area (Å²) in [6.45, 7) is 1.92. The van der Waals surface area contributed by atoms with Crippen molar-refractivity contribution >= 4 is 45.4 Å². The zero-order valence-electron chi connectivity index (χ0n) is 18.8. The maximum absolute atomic E-state index is 13.0. The van der Waals surface area contributed by atoms with E-state index in [1.54, 1.807) is 19.1 Å². The lowest BCUT2D eigenvalue weighted by Crippen LogP contribution is -2.23. The number of para-hydroxylation sites is 1. The van der Waals surface area contributed by atoms with Crippen molar-refractivity contribution in [3.8, 4) is 22.7 Å². The number of amides is 1. The van der Waals surface area contributed by atoms with Crippen LogP contribution in [0.4, 0.5) is 5.13 Å². The largest absolute Gasteiger partial charge is 0.497 e. The maximum Gasteiger partial charge on any atom is 0.266 e. The third-order valence-corrected chi connectivity index (χ3v) is 7.13. The summed E-state index contributed by atoms with van der Waals surface area (Å²) in [4.78, 5) is 24.1. The van der Waals surface area contributed by atoms with Gasteiger partial charge in [0.2, 0.25) is 5.13 Å². The number of hydrogen-bond donors (Lipinski definition) is 0. The van der Waals surface area contributed by atoms with Crippen LogP contribution in [0.25, 0.3) is 23.0 Å². The molecule has 0 N–H and O–H groups in total. The Morgan fingerprint density at radius 3 is 2.53 bits per heavy atom. The molecule has 0 aliphatic carbocycles. The first-order chi connectivity index (χ1) is 16.5. The van der Waals surface area contributed by atoms with Gasteiger partial charge in [-0.25, -0.2) is 9.67 Å². The third-order valence-electron chi connectivity index (χ3n) is 5.22. The van der Waals surface area contributed by atoms with E-state index in [0.717, 1.165) is 34.0 Å². The topological polar surface area (TPSA) is 72.6 Å². The van der Waals surface area contributed by atoms with Gasteiger partial charge in [-0.05, 0) is 61.2 Å². The average Bonchev–Trinajstić information content (AvgIpc) is 3.55. The quantitative estimate of drug-likeness (QED) is 0.345.